The van der Waals surface area contributed by atoms with Gasteiger partial charge in [-0.15, -0.1) is 11.3 Å². The second-order valence-corrected chi connectivity index (χ2v) is 7.74. The third-order valence-electron chi connectivity index (χ3n) is 3.35. The lowest BCUT2D eigenvalue weighted by molar-refractivity contribution is 0.340. The minimum Gasteiger partial charge on any atom is -0.494 e. The van der Waals surface area contributed by atoms with Gasteiger partial charge in [-0.2, -0.15) is 0 Å². The van der Waals surface area contributed by atoms with Crippen LogP contribution in [-0.4, -0.2) is 25.0 Å². The van der Waals surface area contributed by atoms with E-state index in [1.807, 2.05) is 24.4 Å². The van der Waals surface area contributed by atoms with E-state index < -0.39 is 10.0 Å². The van der Waals surface area contributed by atoms with Crippen molar-refractivity contribution in [1.29, 1.82) is 0 Å². The number of pyridine rings is 1. The van der Waals surface area contributed by atoms with E-state index >= 15 is 0 Å². The molecule has 130 valence electrons. The first-order valence-corrected chi connectivity index (χ1v) is 10.0. The molecule has 3 aromatic rings. The summed E-state index contributed by atoms with van der Waals surface area (Å²) in [6.07, 6.45) is 3.43. The van der Waals surface area contributed by atoms with Crippen LogP contribution in [0.2, 0.25) is 0 Å². The summed E-state index contributed by atoms with van der Waals surface area (Å²) in [6.45, 7) is 2.54. The quantitative estimate of drug-likeness (QED) is 0.686. The highest BCUT2D eigenvalue weighted by molar-refractivity contribution is 7.89. The summed E-state index contributed by atoms with van der Waals surface area (Å²) in [7, 11) is -3.60. The molecule has 0 atom stereocenters. The number of hydrogen-bond donors (Lipinski definition) is 1. The Kier molecular flexibility index (Phi) is 5.42. The molecule has 0 amide bonds. The first-order valence-electron chi connectivity index (χ1n) is 7.66. The highest BCUT2D eigenvalue weighted by atomic mass is 32.2. The standard InChI is InChI=1S/C17H17N3O3S2/c1-2-23-15-5-7-16(8-6-15)25(21,22)19-11-14-12-24-17(20-14)13-4-3-9-18-10-13/h3-10,12,19H,2,11H2,1H3. The van der Waals surface area contributed by atoms with Crippen LogP contribution in [0.25, 0.3) is 10.6 Å². The number of benzene rings is 1. The highest BCUT2D eigenvalue weighted by Crippen LogP contribution is 2.23. The molecule has 0 aliphatic rings. The zero-order chi connectivity index (χ0) is 17.7. The molecule has 1 N–H and O–H groups in total. The van der Waals surface area contributed by atoms with Gasteiger partial charge < -0.3 is 4.74 Å². The van der Waals surface area contributed by atoms with Crippen LogP contribution >= 0.6 is 11.3 Å². The molecule has 0 aliphatic carbocycles. The monoisotopic (exact) mass is 375 g/mol. The number of aromatic nitrogens is 2. The van der Waals surface area contributed by atoms with E-state index in [1.165, 1.54) is 23.5 Å². The molecule has 0 unspecified atom stereocenters. The number of hydrogen-bond acceptors (Lipinski definition) is 6. The van der Waals surface area contributed by atoms with Gasteiger partial charge >= 0.3 is 0 Å². The lowest BCUT2D eigenvalue weighted by atomic mass is 10.3. The molecule has 25 heavy (non-hydrogen) atoms. The molecule has 0 bridgehead atoms. The molecule has 0 saturated heterocycles. The number of sulfonamides is 1. The Bertz CT molecular complexity index is 923. The molecule has 8 heteroatoms. The predicted octanol–water partition coefficient (Wildman–Crippen LogP) is 3.08. The van der Waals surface area contributed by atoms with Gasteiger partial charge in [0.05, 0.1) is 23.7 Å². The van der Waals surface area contributed by atoms with Crippen molar-refractivity contribution in [2.45, 2.75) is 18.4 Å². The van der Waals surface area contributed by atoms with E-state index in [9.17, 15) is 8.42 Å². The van der Waals surface area contributed by atoms with Crippen LogP contribution in [0.4, 0.5) is 0 Å². The van der Waals surface area contributed by atoms with Crippen molar-refractivity contribution in [3.63, 3.8) is 0 Å². The van der Waals surface area contributed by atoms with Gasteiger partial charge in [0, 0.05) is 23.3 Å². The van der Waals surface area contributed by atoms with Gasteiger partial charge in [0.1, 0.15) is 10.8 Å². The van der Waals surface area contributed by atoms with Crippen molar-refractivity contribution in [3.05, 3.63) is 59.9 Å². The Morgan fingerprint density at radius 1 is 1.20 bits per heavy atom. The third-order valence-corrected chi connectivity index (χ3v) is 5.71. The average molecular weight is 375 g/mol. The summed E-state index contributed by atoms with van der Waals surface area (Å²) in [5.74, 6) is 0.641. The number of nitrogens with zero attached hydrogens (tertiary/aromatic N) is 2. The fourth-order valence-electron chi connectivity index (χ4n) is 2.14. The molecule has 6 nitrogen and oxygen atoms in total. The number of rotatable bonds is 7. The summed E-state index contributed by atoms with van der Waals surface area (Å²) < 4.78 is 32.6. The summed E-state index contributed by atoms with van der Waals surface area (Å²) in [5, 5.41) is 2.65. The molecule has 0 radical (unpaired) electrons. The van der Waals surface area contributed by atoms with E-state index in [2.05, 4.69) is 14.7 Å². The third kappa shape index (κ3) is 4.41. The number of thiazole rings is 1. The van der Waals surface area contributed by atoms with Crippen LogP contribution in [0.15, 0.2) is 59.1 Å². The van der Waals surface area contributed by atoms with Crippen LogP contribution in [0.1, 0.15) is 12.6 Å². The van der Waals surface area contributed by atoms with Gasteiger partial charge in [-0.05, 0) is 43.3 Å². The van der Waals surface area contributed by atoms with Crippen molar-refractivity contribution in [1.82, 2.24) is 14.7 Å². The second kappa shape index (κ2) is 7.73. The molecule has 1 aromatic carbocycles. The normalized spacial score (nSPS) is 11.4. The number of ether oxygens (including phenoxy) is 1. The van der Waals surface area contributed by atoms with Gasteiger partial charge in [0.25, 0.3) is 0 Å². The molecule has 0 fully saturated rings. The van der Waals surface area contributed by atoms with Crippen molar-refractivity contribution in [2.24, 2.45) is 0 Å². The second-order valence-electron chi connectivity index (χ2n) is 5.11. The van der Waals surface area contributed by atoms with E-state index in [-0.39, 0.29) is 11.4 Å². The molecule has 0 aliphatic heterocycles. The summed E-state index contributed by atoms with van der Waals surface area (Å²) >= 11 is 1.45. The predicted molar refractivity (Wildman–Crippen MR) is 97.0 cm³/mol. The SMILES string of the molecule is CCOc1ccc(S(=O)(=O)NCc2csc(-c3cccnc3)n2)cc1. The zero-order valence-corrected chi connectivity index (χ0v) is 15.2. The zero-order valence-electron chi connectivity index (χ0n) is 13.5. The summed E-state index contributed by atoms with van der Waals surface area (Å²) in [6, 6.07) is 10.1. The maximum absolute atomic E-state index is 12.4. The molecular formula is C17H17N3O3S2. The summed E-state index contributed by atoms with van der Waals surface area (Å²) in [4.78, 5) is 8.70. The first-order chi connectivity index (χ1) is 12.1. The van der Waals surface area contributed by atoms with Crippen molar-refractivity contribution in [2.75, 3.05) is 6.61 Å². The van der Waals surface area contributed by atoms with E-state index in [4.69, 9.17) is 4.74 Å². The minimum atomic E-state index is -3.60. The minimum absolute atomic E-state index is 0.131. The van der Waals surface area contributed by atoms with Gasteiger partial charge in [-0.3, -0.25) is 4.98 Å². The van der Waals surface area contributed by atoms with Gasteiger partial charge in [-0.1, -0.05) is 0 Å². The molecule has 2 aromatic heterocycles. The Labute approximate surface area is 150 Å². The van der Waals surface area contributed by atoms with Crippen molar-refractivity contribution in [3.8, 4) is 16.3 Å². The van der Waals surface area contributed by atoms with E-state index in [1.54, 1.807) is 24.5 Å². The van der Waals surface area contributed by atoms with Crippen LogP contribution in [-0.2, 0) is 16.6 Å². The van der Waals surface area contributed by atoms with Gasteiger partial charge in [0.15, 0.2) is 0 Å². The van der Waals surface area contributed by atoms with Gasteiger partial charge in [0.2, 0.25) is 10.0 Å². The highest BCUT2D eigenvalue weighted by Gasteiger charge is 2.15. The number of nitrogens with one attached hydrogen (secondary N) is 1. The van der Waals surface area contributed by atoms with Crippen LogP contribution < -0.4 is 9.46 Å². The lowest BCUT2D eigenvalue weighted by Gasteiger charge is -2.07. The van der Waals surface area contributed by atoms with Crippen molar-refractivity contribution < 1.29 is 13.2 Å². The first kappa shape index (κ1) is 17.5. The smallest absolute Gasteiger partial charge is 0.240 e. The van der Waals surface area contributed by atoms with E-state index in [0.29, 0.717) is 18.1 Å². The molecule has 2 heterocycles. The van der Waals surface area contributed by atoms with Crippen LogP contribution in [0.5, 0.6) is 5.75 Å². The Balaban J connectivity index is 1.67. The Morgan fingerprint density at radius 3 is 2.68 bits per heavy atom. The van der Waals surface area contributed by atoms with Crippen LogP contribution in [0, 0.1) is 0 Å². The Morgan fingerprint density at radius 2 is 2.00 bits per heavy atom. The molecule has 0 saturated carbocycles. The van der Waals surface area contributed by atoms with Crippen molar-refractivity contribution >= 4 is 21.4 Å². The Hall–Kier alpha value is -2.29. The molecule has 0 spiro atoms. The van der Waals surface area contributed by atoms with Gasteiger partial charge in [-0.25, -0.2) is 18.1 Å². The summed E-state index contributed by atoms with van der Waals surface area (Å²) in [5.41, 5.74) is 1.58. The topological polar surface area (TPSA) is 81.2 Å². The lowest BCUT2D eigenvalue weighted by Crippen LogP contribution is -2.23. The fraction of sp³-hybridized carbons (Fsp3) is 0.176. The van der Waals surface area contributed by atoms with E-state index in [0.717, 1.165) is 10.6 Å². The largest absolute Gasteiger partial charge is 0.494 e. The average Bonchev–Trinajstić information content (AvgIpc) is 3.11. The maximum atomic E-state index is 12.4. The fourth-order valence-corrected chi connectivity index (χ4v) is 3.95. The van der Waals surface area contributed by atoms with Crippen LogP contribution in [0.3, 0.4) is 0 Å². The maximum Gasteiger partial charge on any atom is 0.240 e. The molecule has 3 rings (SSSR count). The molecular weight excluding hydrogens is 358 g/mol.